The quantitative estimate of drug-likeness (QED) is 0.684. The maximum atomic E-state index is 13.1. The molecule has 2 heterocycles. The van der Waals surface area contributed by atoms with Gasteiger partial charge in [0.2, 0.25) is 0 Å². The fourth-order valence-corrected chi connectivity index (χ4v) is 3.93. The van der Waals surface area contributed by atoms with Gasteiger partial charge < -0.3 is 9.64 Å². The number of para-hydroxylation sites is 2. The molecule has 7 nitrogen and oxygen atoms in total. The molecule has 0 spiro atoms. The summed E-state index contributed by atoms with van der Waals surface area (Å²) in [5, 5.41) is 4.51. The molecule has 150 valence electrons. The molecule has 0 bridgehead atoms. The second-order valence-corrected chi connectivity index (χ2v) is 7.23. The molecule has 1 aliphatic rings. The molecule has 1 amide bonds. The van der Waals surface area contributed by atoms with Gasteiger partial charge in [-0.1, -0.05) is 30.3 Å². The molecule has 7 heteroatoms. The van der Waals surface area contributed by atoms with Crippen LogP contribution in [0.1, 0.15) is 34.9 Å². The van der Waals surface area contributed by atoms with Crippen LogP contribution in [0.4, 0.5) is 0 Å². The van der Waals surface area contributed by atoms with Gasteiger partial charge >= 0.3 is 5.69 Å². The number of nitrogens with zero attached hydrogens (tertiary/aromatic N) is 4. The van der Waals surface area contributed by atoms with Crippen molar-refractivity contribution in [3.8, 4) is 11.4 Å². The van der Waals surface area contributed by atoms with Crippen LogP contribution in [0.25, 0.3) is 5.69 Å². The van der Waals surface area contributed by atoms with E-state index in [4.69, 9.17) is 4.74 Å². The molecule has 0 aliphatic carbocycles. The van der Waals surface area contributed by atoms with E-state index in [0.717, 1.165) is 18.5 Å². The summed E-state index contributed by atoms with van der Waals surface area (Å²) in [6.07, 6.45) is 1.73. The third-order valence-electron chi connectivity index (χ3n) is 5.38. The van der Waals surface area contributed by atoms with E-state index >= 15 is 0 Å². The fraction of sp³-hybridized carbons (Fsp3) is 0.318. The first-order chi connectivity index (χ1) is 14.1. The molecule has 1 fully saturated rings. The number of rotatable bonds is 4. The number of hydrogen-bond donors (Lipinski definition) is 0. The van der Waals surface area contributed by atoms with Gasteiger partial charge in [-0.3, -0.25) is 4.79 Å². The molecular formula is C22H24N4O3. The summed E-state index contributed by atoms with van der Waals surface area (Å²) in [6, 6.07) is 16.8. The Labute approximate surface area is 169 Å². The number of methoxy groups -OCH3 is 1. The van der Waals surface area contributed by atoms with Crippen molar-refractivity contribution in [3.05, 3.63) is 76.5 Å². The van der Waals surface area contributed by atoms with Crippen molar-refractivity contribution < 1.29 is 9.53 Å². The maximum absolute atomic E-state index is 13.1. The number of likely N-dealkylation sites (tertiary alicyclic amines) is 1. The summed E-state index contributed by atoms with van der Waals surface area (Å²) in [5.41, 5.74) is 1.16. The Bertz CT molecular complexity index is 1070. The first kappa shape index (κ1) is 19.0. The Morgan fingerprint density at radius 1 is 1.10 bits per heavy atom. The normalized spacial score (nSPS) is 16.6. The molecule has 4 rings (SSSR count). The number of hydrogen-bond acceptors (Lipinski definition) is 4. The minimum atomic E-state index is -0.181. The summed E-state index contributed by atoms with van der Waals surface area (Å²) < 4.78 is 8.38. The summed E-state index contributed by atoms with van der Waals surface area (Å²) >= 11 is 0. The van der Waals surface area contributed by atoms with Crippen LogP contribution in [0.2, 0.25) is 0 Å². The van der Waals surface area contributed by atoms with E-state index in [-0.39, 0.29) is 17.5 Å². The largest absolute Gasteiger partial charge is 0.496 e. The van der Waals surface area contributed by atoms with Crippen LogP contribution in [0, 0.1) is 0 Å². The van der Waals surface area contributed by atoms with Crippen LogP contribution in [0.3, 0.4) is 0 Å². The molecular weight excluding hydrogens is 368 g/mol. The average Bonchev–Trinajstić information content (AvgIpc) is 3.08. The Morgan fingerprint density at radius 3 is 2.59 bits per heavy atom. The van der Waals surface area contributed by atoms with Gasteiger partial charge in [0, 0.05) is 26.1 Å². The van der Waals surface area contributed by atoms with Crippen molar-refractivity contribution in [3.63, 3.8) is 0 Å². The second kappa shape index (κ2) is 7.95. The van der Waals surface area contributed by atoms with Gasteiger partial charge in [0.15, 0.2) is 0 Å². The highest BCUT2D eigenvalue weighted by molar-refractivity contribution is 5.97. The van der Waals surface area contributed by atoms with E-state index in [1.165, 1.54) is 4.68 Å². The molecule has 0 saturated carbocycles. The van der Waals surface area contributed by atoms with Crippen LogP contribution in [0.15, 0.2) is 59.4 Å². The number of aryl methyl sites for hydroxylation is 1. The van der Waals surface area contributed by atoms with Gasteiger partial charge in [-0.25, -0.2) is 14.0 Å². The highest BCUT2D eigenvalue weighted by atomic mass is 16.5. The molecule has 29 heavy (non-hydrogen) atoms. The summed E-state index contributed by atoms with van der Waals surface area (Å²) in [6.45, 7) is 1.19. The van der Waals surface area contributed by atoms with Crippen molar-refractivity contribution >= 4 is 5.91 Å². The highest BCUT2D eigenvalue weighted by Gasteiger charge is 2.31. The van der Waals surface area contributed by atoms with E-state index in [0.29, 0.717) is 30.2 Å². The standard InChI is InChI=1S/C22H24N4O3/c1-24-22(28)26(17-10-4-3-5-11-17)20(23-24)16-9-8-14-25(15-16)21(27)18-12-6-7-13-19(18)29-2/h3-7,10-13,16H,8-9,14-15H2,1-2H3/t16-/m1/s1. The summed E-state index contributed by atoms with van der Waals surface area (Å²) in [7, 11) is 3.23. The first-order valence-electron chi connectivity index (χ1n) is 9.74. The number of carbonyl (C=O) groups excluding carboxylic acids is 1. The fourth-order valence-electron chi connectivity index (χ4n) is 3.93. The van der Waals surface area contributed by atoms with Gasteiger partial charge in [-0.05, 0) is 37.1 Å². The van der Waals surface area contributed by atoms with Crippen molar-refractivity contribution in [1.82, 2.24) is 19.2 Å². The second-order valence-electron chi connectivity index (χ2n) is 7.23. The predicted molar refractivity (Wildman–Crippen MR) is 110 cm³/mol. The minimum absolute atomic E-state index is 0.0171. The third kappa shape index (κ3) is 3.55. The monoisotopic (exact) mass is 392 g/mol. The van der Waals surface area contributed by atoms with E-state index in [2.05, 4.69) is 5.10 Å². The Hall–Kier alpha value is -3.35. The number of benzene rings is 2. The first-order valence-corrected chi connectivity index (χ1v) is 9.74. The molecule has 0 unspecified atom stereocenters. The average molecular weight is 392 g/mol. The van der Waals surface area contributed by atoms with Gasteiger partial charge in [-0.15, -0.1) is 0 Å². The van der Waals surface area contributed by atoms with Crippen LogP contribution in [-0.2, 0) is 7.05 Å². The van der Waals surface area contributed by atoms with E-state index in [1.807, 2.05) is 47.4 Å². The van der Waals surface area contributed by atoms with Crippen molar-refractivity contribution in [2.45, 2.75) is 18.8 Å². The van der Waals surface area contributed by atoms with Crippen LogP contribution >= 0.6 is 0 Å². The maximum Gasteiger partial charge on any atom is 0.350 e. The molecule has 1 aromatic heterocycles. The van der Waals surface area contributed by atoms with Crippen LogP contribution in [0.5, 0.6) is 5.75 Å². The van der Waals surface area contributed by atoms with Crippen molar-refractivity contribution in [1.29, 1.82) is 0 Å². The number of aromatic nitrogens is 3. The predicted octanol–water partition coefficient (Wildman–Crippen LogP) is 2.60. The number of carbonyl (C=O) groups is 1. The van der Waals surface area contributed by atoms with Crippen molar-refractivity contribution in [2.75, 3.05) is 20.2 Å². The lowest BCUT2D eigenvalue weighted by Gasteiger charge is -2.32. The van der Waals surface area contributed by atoms with Crippen molar-refractivity contribution in [2.24, 2.45) is 7.05 Å². The Kier molecular flexibility index (Phi) is 5.20. The summed E-state index contributed by atoms with van der Waals surface area (Å²) in [5.74, 6) is 1.19. The van der Waals surface area contributed by atoms with Crippen LogP contribution < -0.4 is 10.4 Å². The SMILES string of the molecule is COc1ccccc1C(=O)N1CCC[C@@H](c2nn(C)c(=O)n2-c2ccccc2)C1. The lowest BCUT2D eigenvalue weighted by Crippen LogP contribution is -2.40. The number of ether oxygens (including phenoxy) is 1. The molecule has 1 saturated heterocycles. The van der Waals surface area contributed by atoms with Gasteiger partial charge in [0.25, 0.3) is 5.91 Å². The Balaban J connectivity index is 1.66. The Morgan fingerprint density at radius 2 is 1.83 bits per heavy atom. The topological polar surface area (TPSA) is 69.4 Å². The molecule has 1 aliphatic heterocycles. The molecule has 2 aromatic carbocycles. The zero-order valence-corrected chi connectivity index (χ0v) is 16.6. The molecule has 0 radical (unpaired) electrons. The number of piperidine rings is 1. The highest BCUT2D eigenvalue weighted by Crippen LogP contribution is 2.29. The minimum Gasteiger partial charge on any atom is -0.496 e. The molecule has 1 atom stereocenters. The van der Waals surface area contributed by atoms with E-state index in [9.17, 15) is 9.59 Å². The third-order valence-corrected chi connectivity index (χ3v) is 5.38. The summed E-state index contributed by atoms with van der Waals surface area (Å²) in [4.78, 5) is 27.7. The van der Waals surface area contributed by atoms with Gasteiger partial charge in [0.1, 0.15) is 11.6 Å². The lowest BCUT2D eigenvalue weighted by molar-refractivity contribution is 0.0700. The number of amides is 1. The smallest absolute Gasteiger partial charge is 0.350 e. The van der Waals surface area contributed by atoms with Gasteiger partial charge in [0.05, 0.1) is 18.4 Å². The zero-order chi connectivity index (χ0) is 20.4. The molecule has 3 aromatic rings. The molecule has 0 N–H and O–H groups in total. The zero-order valence-electron chi connectivity index (χ0n) is 16.6. The van der Waals surface area contributed by atoms with Crippen LogP contribution in [-0.4, -0.2) is 45.4 Å². The lowest BCUT2D eigenvalue weighted by atomic mass is 9.96. The van der Waals surface area contributed by atoms with E-state index in [1.54, 1.807) is 30.9 Å². The van der Waals surface area contributed by atoms with Gasteiger partial charge in [-0.2, -0.15) is 5.10 Å². The van der Waals surface area contributed by atoms with E-state index < -0.39 is 0 Å².